The molecule has 1 aromatic heterocycles. The minimum atomic E-state index is -1.17. The summed E-state index contributed by atoms with van der Waals surface area (Å²) in [6, 6.07) is 8.00. The summed E-state index contributed by atoms with van der Waals surface area (Å²) in [5.41, 5.74) is 0.238. The number of amides is 1. The highest BCUT2D eigenvalue weighted by Gasteiger charge is 2.50. The van der Waals surface area contributed by atoms with Crippen molar-refractivity contribution in [3.63, 3.8) is 0 Å². The molecule has 0 unspecified atom stereocenters. The maximum atomic E-state index is 15.8. The average molecular weight is 606 g/mol. The third-order valence-electron chi connectivity index (χ3n) is 7.08. The van der Waals surface area contributed by atoms with Crippen molar-refractivity contribution in [1.82, 2.24) is 9.97 Å². The lowest BCUT2D eigenvalue weighted by Gasteiger charge is -2.29. The minimum absolute atomic E-state index is 0.0544. The van der Waals surface area contributed by atoms with Crippen molar-refractivity contribution in [1.29, 1.82) is 0 Å². The number of ether oxygens (including phenoxy) is 3. The van der Waals surface area contributed by atoms with Gasteiger partial charge in [0.1, 0.15) is 35.7 Å². The van der Waals surface area contributed by atoms with Gasteiger partial charge in [0.05, 0.1) is 12.0 Å². The fraction of sp³-hybridized carbons (Fsp3) is 0.419. The number of rotatable bonds is 7. The molecular formula is C31H32FN5O5S. The highest BCUT2D eigenvalue weighted by Crippen LogP contribution is 2.42. The summed E-state index contributed by atoms with van der Waals surface area (Å²) in [5.74, 6) is -0.175. The molecule has 0 atom stereocenters. The molecule has 43 heavy (non-hydrogen) atoms. The number of hydrogen-bond donors (Lipinski definition) is 0. The number of fused-ring (bicyclic) bond motifs is 1. The Morgan fingerprint density at radius 3 is 2.51 bits per heavy atom. The molecule has 0 spiro atoms. The predicted molar refractivity (Wildman–Crippen MR) is 163 cm³/mol. The first-order valence-corrected chi connectivity index (χ1v) is 14.3. The van der Waals surface area contributed by atoms with Crippen molar-refractivity contribution >= 4 is 57.4 Å². The molecule has 0 radical (unpaired) electrons. The van der Waals surface area contributed by atoms with E-state index in [4.69, 9.17) is 33.0 Å². The first kappa shape index (κ1) is 30.1. The van der Waals surface area contributed by atoms with E-state index in [0.717, 1.165) is 12.8 Å². The van der Waals surface area contributed by atoms with Crippen molar-refractivity contribution in [3.8, 4) is 5.88 Å². The zero-order valence-electron chi connectivity index (χ0n) is 24.9. The SMILES string of the molecule is [C-]#[N+]c1ccc(N2C(=O)C(C)(C)N(c3cc(F)c4nc(C5CC5)nc(OCCOC(=O)OC(C)(C)C)c4c3)C2=S)cc1C. The highest BCUT2D eigenvalue weighted by atomic mass is 32.1. The van der Waals surface area contributed by atoms with Crippen molar-refractivity contribution in [2.24, 2.45) is 0 Å². The number of nitrogens with zero attached hydrogens (tertiary/aromatic N) is 5. The molecule has 224 valence electrons. The fourth-order valence-electron chi connectivity index (χ4n) is 4.83. The van der Waals surface area contributed by atoms with Crippen LogP contribution < -0.4 is 14.5 Å². The minimum Gasteiger partial charge on any atom is -0.474 e. The summed E-state index contributed by atoms with van der Waals surface area (Å²) in [5, 5.41) is 0.450. The quantitative estimate of drug-likeness (QED) is 0.125. The number of benzene rings is 2. The largest absolute Gasteiger partial charge is 0.508 e. The number of carbonyl (C=O) groups excluding carboxylic acids is 2. The van der Waals surface area contributed by atoms with E-state index >= 15 is 4.39 Å². The van der Waals surface area contributed by atoms with Gasteiger partial charge in [0.2, 0.25) is 5.88 Å². The molecule has 1 amide bonds. The molecule has 12 heteroatoms. The molecule has 1 saturated heterocycles. The summed E-state index contributed by atoms with van der Waals surface area (Å²) in [7, 11) is 0. The summed E-state index contributed by atoms with van der Waals surface area (Å²) in [6.07, 6.45) is 0.974. The van der Waals surface area contributed by atoms with E-state index in [1.54, 1.807) is 70.7 Å². The van der Waals surface area contributed by atoms with Crippen LogP contribution in [0.1, 0.15) is 64.8 Å². The zero-order valence-corrected chi connectivity index (χ0v) is 25.7. The molecule has 2 fully saturated rings. The van der Waals surface area contributed by atoms with E-state index in [2.05, 4.69) is 14.8 Å². The van der Waals surface area contributed by atoms with Gasteiger partial charge in [0.25, 0.3) is 5.91 Å². The van der Waals surface area contributed by atoms with Crippen molar-refractivity contribution < 1.29 is 28.2 Å². The van der Waals surface area contributed by atoms with Crippen LogP contribution in [-0.4, -0.2) is 51.5 Å². The van der Waals surface area contributed by atoms with E-state index < -0.39 is 23.1 Å². The van der Waals surface area contributed by atoms with Crippen LogP contribution >= 0.6 is 12.2 Å². The number of thiocarbonyl (C=S) groups is 1. The lowest BCUT2D eigenvalue weighted by molar-refractivity contribution is -0.120. The second-order valence-electron chi connectivity index (χ2n) is 12.0. The van der Waals surface area contributed by atoms with Crippen molar-refractivity contribution in [2.45, 2.75) is 71.4 Å². The normalized spacial score (nSPS) is 16.4. The van der Waals surface area contributed by atoms with Crippen molar-refractivity contribution in [3.05, 3.63) is 59.0 Å². The van der Waals surface area contributed by atoms with E-state index in [-0.39, 0.29) is 41.5 Å². The monoisotopic (exact) mass is 605 g/mol. The molecule has 2 heterocycles. The summed E-state index contributed by atoms with van der Waals surface area (Å²) in [4.78, 5) is 41.2. The van der Waals surface area contributed by atoms with Crippen molar-refractivity contribution in [2.75, 3.05) is 23.0 Å². The van der Waals surface area contributed by atoms with Gasteiger partial charge < -0.3 is 19.1 Å². The topological polar surface area (TPSA) is 98.5 Å². The third kappa shape index (κ3) is 5.95. The first-order chi connectivity index (χ1) is 20.2. The van der Waals surface area contributed by atoms with Crippen LogP contribution in [0.4, 0.5) is 26.2 Å². The lowest BCUT2D eigenvalue weighted by Crippen LogP contribution is -2.44. The van der Waals surface area contributed by atoms with Crippen LogP contribution in [0.15, 0.2) is 30.3 Å². The standard InChI is InChI=1S/C31H32FN5O5S/c1-17-14-19(10-11-23(17)33-7)36-27(38)31(5,6)37(28(36)43)20-15-21-24(22(32)16-20)34-25(18-8-9-18)35-26(21)40-12-13-41-29(39)42-30(2,3)4/h10-11,14-16,18H,8-9,12-13H2,1-6H3. The number of hydrogen-bond acceptors (Lipinski definition) is 8. The maximum absolute atomic E-state index is 15.8. The molecule has 1 saturated carbocycles. The second-order valence-corrected chi connectivity index (χ2v) is 12.4. The maximum Gasteiger partial charge on any atom is 0.508 e. The third-order valence-corrected chi connectivity index (χ3v) is 7.45. The number of halogens is 1. The molecule has 2 aliphatic rings. The van der Waals surface area contributed by atoms with Crippen LogP contribution in [-0.2, 0) is 14.3 Å². The molecule has 2 aromatic carbocycles. The molecule has 10 nitrogen and oxygen atoms in total. The molecule has 5 rings (SSSR count). The average Bonchev–Trinajstić information content (AvgIpc) is 3.74. The molecule has 0 N–H and O–H groups in total. The molecule has 3 aromatic rings. The first-order valence-electron chi connectivity index (χ1n) is 13.9. The van der Waals surface area contributed by atoms with Gasteiger partial charge in [-0.3, -0.25) is 9.69 Å². The Morgan fingerprint density at radius 2 is 1.88 bits per heavy atom. The van der Waals surface area contributed by atoms with Crippen LogP contribution in [0, 0.1) is 19.3 Å². The Kier molecular flexibility index (Phi) is 7.73. The van der Waals surface area contributed by atoms with Gasteiger partial charge >= 0.3 is 6.16 Å². The van der Waals surface area contributed by atoms with Gasteiger partial charge in [-0.05, 0) is 96.4 Å². The predicted octanol–water partition coefficient (Wildman–Crippen LogP) is 6.75. The molecule has 0 bridgehead atoms. The summed E-state index contributed by atoms with van der Waals surface area (Å²) < 4.78 is 32.0. The number of aromatic nitrogens is 2. The lowest BCUT2D eigenvalue weighted by atomic mass is 10.0. The van der Waals surface area contributed by atoms with Gasteiger partial charge in [-0.2, -0.15) is 4.98 Å². The summed E-state index contributed by atoms with van der Waals surface area (Å²) in [6.45, 7) is 17.6. The number of aryl methyl sites for hydroxylation is 1. The van der Waals surface area contributed by atoms with Crippen LogP contribution in [0.5, 0.6) is 5.88 Å². The van der Waals surface area contributed by atoms with Gasteiger partial charge in [0, 0.05) is 17.3 Å². The Bertz CT molecular complexity index is 1690. The molecule has 1 aliphatic carbocycles. The van der Waals surface area contributed by atoms with Gasteiger partial charge in [-0.1, -0.05) is 6.07 Å². The Balaban J connectivity index is 1.48. The number of anilines is 2. The Morgan fingerprint density at radius 1 is 1.16 bits per heavy atom. The fourth-order valence-corrected chi connectivity index (χ4v) is 5.35. The van der Waals surface area contributed by atoms with Crippen LogP contribution in [0.25, 0.3) is 15.7 Å². The van der Waals surface area contributed by atoms with Gasteiger partial charge in [0.15, 0.2) is 16.6 Å². The Labute approximate surface area is 254 Å². The van der Waals surface area contributed by atoms with Crippen LogP contribution in [0.3, 0.4) is 0 Å². The highest BCUT2D eigenvalue weighted by molar-refractivity contribution is 7.81. The second kappa shape index (κ2) is 11.0. The summed E-state index contributed by atoms with van der Waals surface area (Å²) >= 11 is 5.79. The zero-order chi connectivity index (χ0) is 31.3. The smallest absolute Gasteiger partial charge is 0.474 e. The van der Waals surface area contributed by atoms with Gasteiger partial charge in [-0.15, -0.1) is 0 Å². The van der Waals surface area contributed by atoms with Gasteiger partial charge in [-0.25, -0.2) is 19.0 Å². The van der Waals surface area contributed by atoms with E-state index in [9.17, 15) is 9.59 Å². The molecular weight excluding hydrogens is 573 g/mol. The van der Waals surface area contributed by atoms with E-state index in [0.29, 0.717) is 33.8 Å². The van der Waals surface area contributed by atoms with E-state index in [1.165, 1.54) is 11.0 Å². The Hall–Kier alpha value is -4.37. The number of carbonyl (C=O) groups is 2. The van der Waals surface area contributed by atoms with E-state index in [1.807, 2.05) is 0 Å². The van der Waals surface area contributed by atoms with Crippen LogP contribution in [0.2, 0.25) is 0 Å². The molecule has 1 aliphatic heterocycles.